The molecule has 38 heavy (non-hydrogen) atoms. The molecule has 3 N–H and O–H groups in total. The van der Waals surface area contributed by atoms with E-state index in [1.807, 2.05) is 12.1 Å². The number of hydrogen-bond acceptors (Lipinski definition) is 7. The van der Waals surface area contributed by atoms with Gasteiger partial charge in [-0.05, 0) is 55.2 Å². The number of aromatic hydroxyl groups is 1. The van der Waals surface area contributed by atoms with Gasteiger partial charge >= 0.3 is 0 Å². The molecule has 1 aromatic heterocycles. The molecule has 0 radical (unpaired) electrons. The second kappa shape index (κ2) is 12.5. The molecule has 0 fully saturated rings. The van der Waals surface area contributed by atoms with Gasteiger partial charge in [0.1, 0.15) is 5.75 Å². The summed E-state index contributed by atoms with van der Waals surface area (Å²) in [5.74, 6) is -1.06. The van der Waals surface area contributed by atoms with E-state index in [4.69, 9.17) is 4.55 Å². The van der Waals surface area contributed by atoms with Crippen molar-refractivity contribution in [3.05, 3.63) is 78.1 Å². The van der Waals surface area contributed by atoms with E-state index in [1.165, 1.54) is 16.6 Å². The molecular formula is C26H31N3O7S2. The van der Waals surface area contributed by atoms with Crippen molar-refractivity contribution in [2.45, 2.75) is 37.6 Å². The Morgan fingerprint density at radius 1 is 1.08 bits per heavy atom. The molecule has 0 saturated carbocycles. The number of rotatable bonds is 12. The van der Waals surface area contributed by atoms with Gasteiger partial charge in [-0.2, -0.15) is 12.7 Å². The normalized spacial score (nSPS) is 12.8. The fourth-order valence-electron chi connectivity index (χ4n) is 4.06. The van der Waals surface area contributed by atoms with E-state index in [2.05, 4.69) is 10.3 Å². The lowest BCUT2D eigenvalue weighted by molar-refractivity contribution is -0.121. The summed E-state index contributed by atoms with van der Waals surface area (Å²) >= 11 is 0. The van der Waals surface area contributed by atoms with E-state index in [0.29, 0.717) is 22.3 Å². The maximum atomic E-state index is 13.8. The van der Waals surface area contributed by atoms with Crippen molar-refractivity contribution in [1.29, 1.82) is 0 Å². The first-order valence-corrected chi connectivity index (χ1v) is 15.0. The highest BCUT2D eigenvalue weighted by Gasteiger charge is 2.31. The average molecular weight is 562 g/mol. The van der Waals surface area contributed by atoms with Gasteiger partial charge in [0.15, 0.2) is 0 Å². The average Bonchev–Trinajstić information content (AvgIpc) is 2.86. The van der Waals surface area contributed by atoms with E-state index in [9.17, 15) is 26.7 Å². The zero-order chi connectivity index (χ0) is 27.9. The number of nitrogens with one attached hydrogen (secondary N) is 1. The second-order valence-corrected chi connectivity index (χ2v) is 12.2. The first-order valence-electron chi connectivity index (χ1n) is 11.9. The number of benzene rings is 2. The Kier molecular flexibility index (Phi) is 9.60. The lowest BCUT2D eigenvalue weighted by Gasteiger charge is -2.29. The summed E-state index contributed by atoms with van der Waals surface area (Å²) in [6.45, 7) is 3.25. The van der Waals surface area contributed by atoms with Crippen molar-refractivity contribution in [2.24, 2.45) is 0 Å². The van der Waals surface area contributed by atoms with Crippen molar-refractivity contribution in [2.75, 3.05) is 18.8 Å². The number of sulfonamides is 1. The van der Waals surface area contributed by atoms with Crippen LogP contribution in [-0.2, 0) is 24.9 Å². The van der Waals surface area contributed by atoms with Crippen LogP contribution >= 0.6 is 0 Å². The van der Waals surface area contributed by atoms with Gasteiger partial charge in [0.2, 0.25) is 15.9 Å². The van der Waals surface area contributed by atoms with Crippen molar-refractivity contribution in [3.8, 4) is 16.9 Å². The van der Waals surface area contributed by atoms with Crippen LogP contribution in [0.1, 0.15) is 36.9 Å². The van der Waals surface area contributed by atoms with Gasteiger partial charge in [-0.25, -0.2) is 8.42 Å². The molecule has 3 rings (SSSR count). The van der Waals surface area contributed by atoms with E-state index in [0.717, 1.165) is 0 Å². The summed E-state index contributed by atoms with van der Waals surface area (Å²) in [5.41, 5.74) is 2.53. The van der Waals surface area contributed by atoms with Gasteiger partial charge in [0.25, 0.3) is 10.1 Å². The quantitative estimate of drug-likeness (QED) is 0.285. The molecule has 0 saturated heterocycles. The SMILES string of the molecule is Cc1ccccc1S(=O)(=O)N(CCCC(=O)NCCS(=O)(=O)O)[C@@H](C)c1cccc(-c2ccncc2O)c1. The Morgan fingerprint density at radius 3 is 2.50 bits per heavy atom. The first kappa shape index (κ1) is 29.2. The molecule has 3 aromatic rings. The molecule has 0 unspecified atom stereocenters. The third kappa shape index (κ3) is 7.60. The number of aromatic nitrogens is 1. The van der Waals surface area contributed by atoms with Gasteiger partial charge in [-0.3, -0.25) is 14.3 Å². The zero-order valence-corrected chi connectivity index (χ0v) is 22.7. The molecule has 1 heterocycles. The third-order valence-corrected chi connectivity index (χ3v) is 8.91. The first-order chi connectivity index (χ1) is 17.9. The van der Waals surface area contributed by atoms with Crippen LogP contribution in [-0.4, -0.2) is 60.5 Å². The van der Waals surface area contributed by atoms with E-state index in [1.54, 1.807) is 56.4 Å². The van der Waals surface area contributed by atoms with Crippen LogP contribution in [0.5, 0.6) is 5.75 Å². The molecule has 12 heteroatoms. The highest BCUT2D eigenvalue weighted by molar-refractivity contribution is 7.89. The Bertz CT molecular complexity index is 1490. The molecule has 10 nitrogen and oxygen atoms in total. The fourth-order valence-corrected chi connectivity index (χ4v) is 6.31. The van der Waals surface area contributed by atoms with Gasteiger partial charge in [-0.1, -0.05) is 36.4 Å². The van der Waals surface area contributed by atoms with Crippen LogP contribution in [0.15, 0.2) is 71.9 Å². The van der Waals surface area contributed by atoms with Crippen LogP contribution < -0.4 is 5.32 Å². The summed E-state index contributed by atoms with van der Waals surface area (Å²) in [5, 5.41) is 12.6. The van der Waals surface area contributed by atoms with Gasteiger partial charge in [0, 0.05) is 37.3 Å². The van der Waals surface area contributed by atoms with Crippen molar-refractivity contribution < 1.29 is 31.3 Å². The maximum Gasteiger partial charge on any atom is 0.266 e. The lowest BCUT2D eigenvalue weighted by Crippen LogP contribution is -2.36. The highest BCUT2D eigenvalue weighted by Crippen LogP contribution is 2.33. The molecule has 1 amide bonds. The standard InChI is InChI=1S/C26H31N3O7S2/c1-19-7-3-4-10-25(19)38(35,36)29(15-6-11-26(31)28-14-16-37(32,33)34)20(2)21-8-5-9-22(17-21)23-12-13-27-18-24(23)30/h3-5,7-10,12-13,17-18,20,30H,6,11,14-16H2,1-2H3,(H,28,31)(H,32,33,34)/t20-/m0/s1. The van der Waals surface area contributed by atoms with Crippen LogP contribution in [0.3, 0.4) is 0 Å². The van der Waals surface area contributed by atoms with E-state index in [-0.39, 0.29) is 36.6 Å². The highest BCUT2D eigenvalue weighted by atomic mass is 32.2. The van der Waals surface area contributed by atoms with Crippen molar-refractivity contribution in [3.63, 3.8) is 0 Å². The second-order valence-electron chi connectivity index (χ2n) is 8.82. The molecule has 2 aromatic carbocycles. The zero-order valence-electron chi connectivity index (χ0n) is 21.1. The minimum atomic E-state index is -4.20. The lowest BCUT2D eigenvalue weighted by atomic mass is 10.00. The summed E-state index contributed by atoms with van der Waals surface area (Å²) in [6.07, 6.45) is 3.03. The maximum absolute atomic E-state index is 13.8. The Balaban J connectivity index is 1.87. The van der Waals surface area contributed by atoms with Crippen LogP contribution in [0, 0.1) is 6.92 Å². The predicted octanol–water partition coefficient (Wildman–Crippen LogP) is 3.30. The minimum absolute atomic E-state index is 0.00158. The Hall–Kier alpha value is -3.32. The van der Waals surface area contributed by atoms with E-state index >= 15 is 0 Å². The number of aryl methyl sites for hydroxylation is 1. The molecule has 0 spiro atoms. The smallest absolute Gasteiger partial charge is 0.266 e. The van der Waals surface area contributed by atoms with Gasteiger partial charge in [-0.15, -0.1) is 0 Å². The monoisotopic (exact) mass is 561 g/mol. The van der Waals surface area contributed by atoms with Crippen LogP contribution in [0.25, 0.3) is 11.1 Å². The molecule has 1 atom stereocenters. The van der Waals surface area contributed by atoms with Crippen molar-refractivity contribution in [1.82, 2.24) is 14.6 Å². The van der Waals surface area contributed by atoms with Gasteiger partial charge in [0.05, 0.1) is 16.8 Å². The van der Waals surface area contributed by atoms with E-state index < -0.39 is 37.8 Å². The molecule has 204 valence electrons. The molecule has 0 aliphatic carbocycles. The summed E-state index contributed by atoms with van der Waals surface area (Å²) in [6, 6.07) is 14.9. The molecule has 0 bridgehead atoms. The number of hydrogen-bond donors (Lipinski definition) is 3. The summed E-state index contributed by atoms with van der Waals surface area (Å²) in [4.78, 5) is 16.2. The number of nitrogens with zero attached hydrogens (tertiary/aromatic N) is 2. The number of amides is 1. The van der Waals surface area contributed by atoms with Crippen LogP contribution in [0.2, 0.25) is 0 Å². The number of carbonyl (C=O) groups is 1. The van der Waals surface area contributed by atoms with Crippen LogP contribution in [0.4, 0.5) is 0 Å². The third-order valence-electron chi connectivity index (χ3n) is 6.06. The molecular weight excluding hydrogens is 530 g/mol. The number of carbonyl (C=O) groups excluding carboxylic acids is 1. The molecule has 0 aliphatic heterocycles. The molecule has 0 aliphatic rings. The number of pyridine rings is 1. The summed E-state index contributed by atoms with van der Waals surface area (Å²) < 4.78 is 59.5. The predicted molar refractivity (Wildman–Crippen MR) is 143 cm³/mol. The fraction of sp³-hybridized carbons (Fsp3) is 0.308. The minimum Gasteiger partial charge on any atom is -0.506 e. The van der Waals surface area contributed by atoms with Gasteiger partial charge < -0.3 is 10.4 Å². The topological polar surface area (TPSA) is 154 Å². The largest absolute Gasteiger partial charge is 0.506 e. The Labute approximate surface area is 223 Å². The van der Waals surface area contributed by atoms with Crippen molar-refractivity contribution >= 4 is 26.0 Å². The summed E-state index contributed by atoms with van der Waals surface area (Å²) in [7, 11) is -8.17. The Morgan fingerprint density at radius 2 is 1.82 bits per heavy atom.